The maximum atomic E-state index is 14.2. The lowest BCUT2D eigenvalue weighted by Crippen LogP contribution is -2.43. The maximum Gasteiger partial charge on any atom is 0.339 e. The molecule has 0 fully saturated rings. The highest BCUT2D eigenvalue weighted by atomic mass is 32.2. The van der Waals surface area contributed by atoms with E-state index in [1.807, 2.05) is 37.3 Å². The fraction of sp³-hybridized carbons (Fsp3) is 0.222. The molecule has 8 heteroatoms. The van der Waals surface area contributed by atoms with E-state index in [9.17, 15) is 18.3 Å². The molecule has 0 unspecified atom stereocenters. The SMILES string of the molecule is COC(=O)C1=C(O)C[C@@H](c2ccccc2)N(S(=O)(=O)c2ccc(C)cc2)[C@H]1c1ccc(OC)cc1. The Labute approximate surface area is 205 Å². The van der Waals surface area contributed by atoms with Gasteiger partial charge in [-0.05, 0) is 42.3 Å². The summed E-state index contributed by atoms with van der Waals surface area (Å²) in [6.45, 7) is 1.88. The van der Waals surface area contributed by atoms with Crippen molar-refractivity contribution in [2.75, 3.05) is 14.2 Å². The van der Waals surface area contributed by atoms with Crippen LogP contribution in [0.25, 0.3) is 0 Å². The third-order valence-corrected chi connectivity index (χ3v) is 8.04. The predicted molar refractivity (Wildman–Crippen MR) is 131 cm³/mol. The quantitative estimate of drug-likeness (QED) is 0.493. The fourth-order valence-electron chi connectivity index (χ4n) is 4.37. The minimum atomic E-state index is -4.14. The number of nitrogens with zero attached hydrogens (tertiary/aromatic N) is 1. The van der Waals surface area contributed by atoms with E-state index in [0.717, 1.165) is 5.56 Å². The van der Waals surface area contributed by atoms with Crippen molar-refractivity contribution in [3.05, 3.63) is 107 Å². The molecule has 3 aromatic rings. The number of rotatable bonds is 6. The molecule has 1 N–H and O–H groups in total. The Morgan fingerprint density at radius 2 is 1.54 bits per heavy atom. The van der Waals surface area contributed by atoms with Gasteiger partial charge in [0.05, 0.1) is 36.8 Å². The van der Waals surface area contributed by atoms with Crippen LogP contribution in [0.5, 0.6) is 5.75 Å². The van der Waals surface area contributed by atoms with Gasteiger partial charge in [-0.1, -0.05) is 60.2 Å². The summed E-state index contributed by atoms with van der Waals surface area (Å²) in [5, 5.41) is 11.1. The number of aliphatic hydroxyl groups is 1. The number of aryl methyl sites for hydroxylation is 1. The highest BCUT2D eigenvalue weighted by Gasteiger charge is 2.47. The summed E-state index contributed by atoms with van der Waals surface area (Å²) in [5.74, 6) is -0.425. The van der Waals surface area contributed by atoms with E-state index in [0.29, 0.717) is 16.9 Å². The zero-order valence-electron chi connectivity index (χ0n) is 19.7. The highest BCUT2D eigenvalue weighted by molar-refractivity contribution is 7.89. The Bertz CT molecular complexity index is 1330. The molecule has 4 rings (SSSR count). The van der Waals surface area contributed by atoms with E-state index < -0.39 is 28.1 Å². The van der Waals surface area contributed by atoms with Gasteiger partial charge in [-0.3, -0.25) is 0 Å². The van der Waals surface area contributed by atoms with Gasteiger partial charge in [0, 0.05) is 6.42 Å². The predicted octanol–water partition coefficient (Wildman–Crippen LogP) is 4.87. The van der Waals surface area contributed by atoms with Crippen molar-refractivity contribution in [3.63, 3.8) is 0 Å². The number of methoxy groups -OCH3 is 2. The van der Waals surface area contributed by atoms with E-state index in [2.05, 4.69) is 0 Å². The van der Waals surface area contributed by atoms with E-state index in [4.69, 9.17) is 9.47 Å². The molecule has 0 aliphatic carbocycles. The summed E-state index contributed by atoms with van der Waals surface area (Å²) in [6.07, 6.45) is -0.0772. The largest absolute Gasteiger partial charge is 0.512 e. The Morgan fingerprint density at radius 3 is 2.11 bits per heavy atom. The molecule has 2 atom stereocenters. The Kier molecular flexibility index (Phi) is 6.95. The second-order valence-electron chi connectivity index (χ2n) is 8.31. The molecular weight excluding hydrogens is 466 g/mol. The molecule has 35 heavy (non-hydrogen) atoms. The van der Waals surface area contributed by atoms with Crippen molar-refractivity contribution in [2.45, 2.75) is 30.3 Å². The number of carbonyl (C=O) groups is 1. The molecule has 0 amide bonds. The molecule has 0 radical (unpaired) electrons. The first-order chi connectivity index (χ1) is 16.8. The van der Waals surface area contributed by atoms with Crippen LogP contribution in [-0.2, 0) is 19.6 Å². The molecule has 1 heterocycles. The van der Waals surface area contributed by atoms with Crippen LogP contribution in [0, 0.1) is 6.92 Å². The summed E-state index contributed by atoms with van der Waals surface area (Å²) in [4.78, 5) is 13.0. The molecule has 3 aromatic carbocycles. The number of sulfonamides is 1. The average Bonchev–Trinajstić information content (AvgIpc) is 2.88. The first-order valence-corrected chi connectivity index (χ1v) is 12.5. The number of ether oxygens (including phenoxy) is 2. The smallest absolute Gasteiger partial charge is 0.339 e. The molecule has 0 saturated heterocycles. The van der Waals surface area contributed by atoms with Crippen LogP contribution >= 0.6 is 0 Å². The van der Waals surface area contributed by atoms with Crippen molar-refractivity contribution in [3.8, 4) is 5.75 Å². The molecule has 182 valence electrons. The van der Waals surface area contributed by atoms with Gasteiger partial charge in [-0.25, -0.2) is 13.2 Å². The molecule has 0 bridgehead atoms. The second kappa shape index (κ2) is 9.93. The number of aliphatic hydroxyl groups excluding tert-OH is 1. The topological polar surface area (TPSA) is 93.1 Å². The summed E-state index contributed by atoms with van der Waals surface area (Å²) in [7, 11) is -1.41. The van der Waals surface area contributed by atoms with Crippen LogP contribution in [0.15, 0.2) is 95.1 Å². The summed E-state index contributed by atoms with van der Waals surface area (Å²) in [6, 6.07) is 20.5. The lowest BCUT2D eigenvalue weighted by Gasteiger charge is -2.41. The van der Waals surface area contributed by atoms with Gasteiger partial charge < -0.3 is 14.6 Å². The zero-order chi connectivity index (χ0) is 25.2. The molecule has 0 aromatic heterocycles. The lowest BCUT2D eigenvalue weighted by molar-refractivity contribution is -0.137. The van der Waals surface area contributed by atoms with Crippen LogP contribution in [0.3, 0.4) is 0 Å². The maximum absolute atomic E-state index is 14.2. The van der Waals surface area contributed by atoms with Gasteiger partial charge in [0.2, 0.25) is 10.0 Å². The minimum absolute atomic E-state index is 0.0772. The molecular formula is C27H27NO6S. The first kappa shape index (κ1) is 24.5. The molecule has 1 aliphatic rings. The molecule has 0 spiro atoms. The van der Waals surface area contributed by atoms with Gasteiger partial charge in [-0.15, -0.1) is 0 Å². The number of esters is 1. The van der Waals surface area contributed by atoms with Gasteiger partial charge >= 0.3 is 5.97 Å². The molecule has 1 aliphatic heterocycles. The zero-order valence-corrected chi connectivity index (χ0v) is 20.5. The second-order valence-corrected chi connectivity index (χ2v) is 10.1. The van der Waals surface area contributed by atoms with Crippen LogP contribution in [0.4, 0.5) is 0 Å². The van der Waals surface area contributed by atoms with Gasteiger partial charge in [0.1, 0.15) is 11.5 Å². The Morgan fingerprint density at radius 1 is 0.914 bits per heavy atom. The fourth-order valence-corrected chi connectivity index (χ4v) is 6.12. The van der Waals surface area contributed by atoms with E-state index >= 15 is 0 Å². The highest BCUT2D eigenvalue weighted by Crippen LogP contribution is 2.48. The Hall–Kier alpha value is -3.62. The average molecular weight is 494 g/mol. The summed E-state index contributed by atoms with van der Waals surface area (Å²) >= 11 is 0. The monoisotopic (exact) mass is 493 g/mol. The van der Waals surface area contributed by atoms with Crippen LogP contribution in [-0.4, -0.2) is 38.0 Å². The van der Waals surface area contributed by atoms with Gasteiger partial charge in [0.15, 0.2) is 0 Å². The lowest BCUT2D eigenvalue weighted by atomic mass is 9.88. The van der Waals surface area contributed by atoms with E-state index in [1.54, 1.807) is 48.5 Å². The van der Waals surface area contributed by atoms with Crippen molar-refractivity contribution in [1.82, 2.24) is 4.31 Å². The van der Waals surface area contributed by atoms with Crippen molar-refractivity contribution in [1.29, 1.82) is 0 Å². The van der Waals surface area contributed by atoms with E-state index in [1.165, 1.54) is 18.5 Å². The third kappa shape index (κ3) is 4.67. The van der Waals surface area contributed by atoms with Crippen molar-refractivity contribution < 1.29 is 27.8 Å². The van der Waals surface area contributed by atoms with E-state index in [-0.39, 0.29) is 22.6 Å². The standard InChI is InChI=1S/C27H27NO6S/c1-18-9-15-22(16-10-18)35(31,32)28-23(19-7-5-4-6-8-19)17-24(29)25(27(30)34-3)26(28)20-11-13-21(33-2)14-12-20/h4-16,23,26,29H,17H2,1-3H3/t23-,26-/m0/s1. The summed E-state index contributed by atoms with van der Waals surface area (Å²) < 4.78 is 39.9. The molecule has 7 nitrogen and oxygen atoms in total. The number of hydrogen-bond donors (Lipinski definition) is 1. The number of benzene rings is 3. The van der Waals surface area contributed by atoms with Crippen LogP contribution in [0.1, 0.15) is 35.2 Å². The van der Waals surface area contributed by atoms with Crippen LogP contribution < -0.4 is 4.74 Å². The molecule has 0 saturated carbocycles. The van der Waals surface area contributed by atoms with Gasteiger partial charge in [-0.2, -0.15) is 4.31 Å². The minimum Gasteiger partial charge on any atom is -0.512 e. The number of carbonyl (C=O) groups excluding carboxylic acids is 1. The number of hydrogen-bond acceptors (Lipinski definition) is 6. The summed E-state index contributed by atoms with van der Waals surface area (Å²) in [5.41, 5.74) is 1.99. The third-order valence-electron chi connectivity index (χ3n) is 6.15. The van der Waals surface area contributed by atoms with Crippen LogP contribution in [0.2, 0.25) is 0 Å². The Balaban J connectivity index is 2.00. The first-order valence-electron chi connectivity index (χ1n) is 11.1. The van der Waals surface area contributed by atoms with Crippen molar-refractivity contribution >= 4 is 16.0 Å². The normalized spacial score (nSPS) is 18.8. The van der Waals surface area contributed by atoms with Gasteiger partial charge in [0.25, 0.3) is 0 Å². The van der Waals surface area contributed by atoms with Crippen molar-refractivity contribution in [2.24, 2.45) is 0 Å².